The van der Waals surface area contributed by atoms with Gasteiger partial charge in [-0.25, -0.2) is 0 Å². The lowest BCUT2D eigenvalue weighted by molar-refractivity contribution is -0.125. The van der Waals surface area contributed by atoms with Gasteiger partial charge in [-0.1, -0.05) is 6.92 Å². The number of carbonyl (C=O) groups excluding carboxylic acids is 1. The van der Waals surface area contributed by atoms with Crippen LogP contribution >= 0.6 is 0 Å². The standard InChI is InChI=1S/C10H20N2O2/c1-3-10(9(11)13,8-4-5-8)12-6-7-14-2/h8,12H,3-7H2,1-2H3,(H2,11,13). The maximum atomic E-state index is 11.4. The molecule has 1 fully saturated rings. The van der Waals surface area contributed by atoms with Crippen LogP contribution in [0.15, 0.2) is 0 Å². The van der Waals surface area contributed by atoms with Crippen molar-refractivity contribution in [3.05, 3.63) is 0 Å². The van der Waals surface area contributed by atoms with Crippen LogP contribution in [-0.2, 0) is 9.53 Å². The molecule has 0 spiro atoms. The molecule has 14 heavy (non-hydrogen) atoms. The van der Waals surface area contributed by atoms with E-state index in [1.54, 1.807) is 7.11 Å². The topological polar surface area (TPSA) is 64.3 Å². The fraction of sp³-hybridized carbons (Fsp3) is 0.900. The van der Waals surface area contributed by atoms with Crippen molar-refractivity contribution in [1.29, 1.82) is 0 Å². The molecule has 0 aromatic rings. The molecular formula is C10H20N2O2. The smallest absolute Gasteiger partial charge is 0.238 e. The van der Waals surface area contributed by atoms with Gasteiger partial charge in [0.05, 0.1) is 6.61 Å². The zero-order chi connectivity index (χ0) is 10.6. The zero-order valence-electron chi connectivity index (χ0n) is 9.01. The van der Waals surface area contributed by atoms with Gasteiger partial charge in [0.15, 0.2) is 0 Å². The molecule has 0 aromatic carbocycles. The van der Waals surface area contributed by atoms with E-state index in [0.717, 1.165) is 19.3 Å². The SMILES string of the molecule is CCC(NCCOC)(C(N)=O)C1CC1. The monoisotopic (exact) mass is 200 g/mol. The Balaban J connectivity index is 2.54. The van der Waals surface area contributed by atoms with Gasteiger partial charge in [-0.05, 0) is 25.2 Å². The number of carbonyl (C=O) groups is 1. The first-order valence-corrected chi connectivity index (χ1v) is 5.21. The van der Waals surface area contributed by atoms with Crippen LogP contribution in [0, 0.1) is 5.92 Å². The van der Waals surface area contributed by atoms with Gasteiger partial charge in [-0.2, -0.15) is 0 Å². The van der Waals surface area contributed by atoms with Crippen molar-refractivity contribution in [3.63, 3.8) is 0 Å². The van der Waals surface area contributed by atoms with E-state index < -0.39 is 5.54 Å². The molecule has 0 heterocycles. The molecule has 3 N–H and O–H groups in total. The molecule has 4 nitrogen and oxygen atoms in total. The molecule has 82 valence electrons. The Morgan fingerprint density at radius 2 is 2.29 bits per heavy atom. The quantitative estimate of drug-likeness (QED) is 0.580. The van der Waals surface area contributed by atoms with Crippen LogP contribution in [0.1, 0.15) is 26.2 Å². The summed E-state index contributed by atoms with van der Waals surface area (Å²) in [5.41, 5.74) is 4.98. The van der Waals surface area contributed by atoms with Gasteiger partial charge in [0.1, 0.15) is 5.54 Å². The summed E-state index contributed by atoms with van der Waals surface area (Å²) in [6.45, 7) is 3.30. The Morgan fingerprint density at radius 3 is 2.64 bits per heavy atom. The molecule has 0 saturated heterocycles. The summed E-state index contributed by atoms with van der Waals surface area (Å²) in [7, 11) is 1.65. The maximum Gasteiger partial charge on any atom is 0.238 e. The van der Waals surface area contributed by atoms with Crippen molar-refractivity contribution in [2.75, 3.05) is 20.3 Å². The zero-order valence-corrected chi connectivity index (χ0v) is 9.01. The highest BCUT2D eigenvalue weighted by Crippen LogP contribution is 2.41. The van der Waals surface area contributed by atoms with E-state index in [0.29, 0.717) is 19.1 Å². The summed E-state index contributed by atoms with van der Waals surface area (Å²) >= 11 is 0. The van der Waals surface area contributed by atoms with Crippen molar-refractivity contribution in [1.82, 2.24) is 5.32 Å². The normalized spacial score (nSPS) is 20.4. The predicted molar refractivity (Wildman–Crippen MR) is 54.8 cm³/mol. The van der Waals surface area contributed by atoms with Crippen LogP contribution in [0.25, 0.3) is 0 Å². The number of hydrogen-bond acceptors (Lipinski definition) is 3. The van der Waals surface area contributed by atoms with Crippen molar-refractivity contribution in [2.24, 2.45) is 11.7 Å². The Hall–Kier alpha value is -0.610. The predicted octanol–water partition coefficient (Wildman–Crippen LogP) is 0.267. The molecule has 1 amide bonds. The highest BCUT2D eigenvalue weighted by Gasteiger charge is 2.47. The van der Waals surface area contributed by atoms with E-state index in [-0.39, 0.29) is 5.91 Å². The van der Waals surface area contributed by atoms with E-state index in [1.165, 1.54) is 0 Å². The highest BCUT2D eigenvalue weighted by atomic mass is 16.5. The van der Waals surface area contributed by atoms with Crippen molar-refractivity contribution < 1.29 is 9.53 Å². The minimum atomic E-state index is -0.488. The first-order valence-electron chi connectivity index (χ1n) is 5.21. The molecule has 0 aromatic heterocycles. The number of nitrogens with one attached hydrogen (secondary N) is 1. The summed E-state index contributed by atoms with van der Waals surface area (Å²) in [5.74, 6) is 0.209. The average molecular weight is 200 g/mol. The molecule has 1 aliphatic rings. The van der Waals surface area contributed by atoms with Crippen LogP contribution in [-0.4, -0.2) is 31.7 Å². The van der Waals surface area contributed by atoms with Gasteiger partial charge in [-0.3, -0.25) is 4.79 Å². The molecule has 1 rings (SSSR count). The van der Waals surface area contributed by atoms with E-state index in [1.807, 2.05) is 6.92 Å². The minimum Gasteiger partial charge on any atom is -0.383 e. The van der Waals surface area contributed by atoms with Crippen LogP contribution < -0.4 is 11.1 Å². The first kappa shape index (κ1) is 11.5. The number of primary amides is 1. The number of ether oxygens (including phenoxy) is 1. The van der Waals surface area contributed by atoms with Gasteiger partial charge in [0.2, 0.25) is 5.91 Å². The number of hydrogen-bond donors (Lipinski definition) is 2. The van der Waals surface area contributed by atoms with Gasteiger partial charge in [0, 0.05) is 13.7 Å². The number of amides is 1. The Morgan fingerprint density at radius 1 is 1.64 bits per heavy atom. The van der Waals surface area contributed by atoms with Crippen molar-refractivity contribution >= 4 is 5.91 Å². The summed E-state index contributed by atoms with van der Waals surface area (Å²) in [5, 5.41) is 3.25. The lowest BCUT2D eigenvalue weighted by Gasteiger charge is -2.30. The van der Waals surface area contributed by atoms with E-state index in [2.05, 4.69) is 5.32 Å². The summed E-state index contributed by atoms with van der Waals surface area (Å²) in [6, 6.07) is 0. The van der Waals surface area contributed by atoms with Crippen LogP contribution in [0.2, 0.25) is 0 Å². The number of rotatable bonds is 7. The second-order valence-electron chi connectivity index (χ2n) is 3.88. The average Bonchev–Trinajstić information content (AvgIpc) is 2.96. The molecule has 4 heteroatoms. The van der Waals surface area contributed by atoms with E-state index >= 15 is 0 Å². The molecule has 1 aliphatic carbocycles. The summed E-state index contributed by atoms with van der Waals surface area (Å²) < 4.78 is 4.95. The Kier molecular flexibility index (Phi) is 3.89. The van der Waals surface area contributed by atoms with Crippen LogP contribution in [0.4, 0.5) is 0 Å². The Labute approximate surface area is 85.2 Å². The third kappa shape index (κ3) is 2.25. The van der Waals surface area contributed by atoms with Crippen molar-refractivity contribution in [3.8, 4) is 0 Å². The van der Waals surface area contributed by atoms with Gasteiger partial charge < -0.3 is 15.8 Å². The lowest BCUT2D eigenvalue weighted by atomic mass is 9.89. The molecule has 1 unspecified atom stereocenters. The van der Waals surface area contributed by atoms with Crippen LogP contribution in [0.3, 0.4) is 0 Å². The van der Waals surface area contributed by atoms with E-state index in [4.69, 9.17) is 10.5 Å². The van der Waals surface area contributed by atoms with Gasteiger partial charge in [-0.15, -0.1) is 0 Å². The third-order valence-electron chi connectivity index (χ3n) is 3.02. The second kappa shape index (κ2) is 4.75. The summed E-state index contributed by atoms with van der Waals surface area (Å²) in [4.78, 5) is 11.4. The second-order valence-corrected chi connectivity index (χ2v) is 3.88. The maximum absolute atomic E-state index is 11.4. The molecule has 1 atom stereocenters. The minimum absolute atomic E-state index is 0.224. The van der Waals surface area contributed by atoms with E-state index in [9.17, 15) is 4.79 Å². The largest absolute Gasteiger partial charge is 0.383 e. The first-order chi connectivity index (χ1) is 6.67. The third-order valence-corrected chi connectivity index (χ3v) is 3.02. The molecule has 0 aliphatic heterocycles. The van der Waals surface area contributed by atoms with Crippen molar-refractivity contribution in [2.45, 2.75) is 31.7 Å². The summed E-state index contributed by atoms with van der Waals surface area (Å²) in [6.07, 6.45) is 2.98. The fourth-order valence-electron chi connectivity index (χ4n) is 1.97. The molecule has 1 saturated carbocycles. The highest BCUT2D eigenvalue weighted by molar-refractivity contribution is 5.85. The van der Waals surface area contributed by atoms with Crippen LogP contribution in [0.5, 0.6) is 0 Å². The number of nitrogens with two attached hydrogens (primary N) is 1. The molecular weight excluding hydrogens is 180 g/mol. The lowest BCUT2D eigenvalue weighted by Crippen LogP contribution is -2.57. The molecule has 0 radical (unpaired) electrons. The molecule has 0 bridgehead atoms. The van der Waals surface area contributed by atoms with Gasteiger partial charge in [0.25, 0.3) is 0 Å². The van der Waals surface area contributed by atoms with Gasteiger partial charge >= 0.3 is 0 Å². The fourth-order valence-corrected chi connectivity index (χ4v) is 1.97. The Bertz CT molecular complexity index is 204. The number of methoxy groups -OCH3 is 1.